The number of hydrogen-bond acceptors (Lipinski definition) is 5. The van der Waals surface area contributed by atoms with Crippen LogP contribution in [0.15, 0.2) is 55.0 Å². The Labute approximate surface area is 155 Å². The van der Waals surface area contributed by atoms with Crippen molar-refractivity contribution < 1.29 is 4.79 Å². The van der Waals surface area contributed by atoms with Crippen LogP contribution in [0.1, 0.15) is 21.5 Å². The second kappa shape index (κ2) is 6.53. The molecule has 7 heteroatoms. The zero-order chi connectivity index (χ0) is 19.0. The molecule has 0 radical (unpaired) electrons. The van der Waals surface area contributed by atoms with Gasteiger partial charge in [-0.05, 0) is 49.7 Å². The number of H-pyrrole nitrogens is 1. The molecule has 0 unspecified atom stereocenters. The topological polar surface area (TPSA) is 101 Å². The molecule has 7 nitrogen and oxygen atoms in total. The van der Waals surface area contributed by atoms with Gasteiger partial charge in [-0.25, -0.2) is 9.97 Å². The second-order valence-electron chi connectivity index (χ2n) is 6.37. The molecule has 4 rings (SSSR count). The number of carbonyl (C=O) groups excluding carboxylic acids is 1. The van der Waals surface area contributed by atoms with Crippen LogP contribution in [0.4, 0.5) is 17.2 Å². The minimum Gasteiger partial charge on any atom is -0.366 e. The fraction of sp³-hybridized carbons (Fsp3) is 0.100. The smallest absolute Gasteiger partial charge is 0.248 e. The van der Waals surface area contributed by atoms with Crippen molar-refractivity contribution in [1.82, 2.24) is 20.2 Å². The van der Waals surface area contributed by atoms with Gasteiger partial charge >= 0.3 is 0 Å². The van der Waals surface area contributed by atoms with Crippen LogP contribution in [0.2, 0.25) is 0 Å². The predicted molar refractivity (Wildman–Crippen MR) is 104 cm³/mol. The highest BCUT2D eigenvalue weighted by molar-refractivity contribution is 5.95. The number of hydrogen-bond donors (Lipinski definition) is 2. The van der Waals surface area contributed by atoms with Gasteiger partial charge in [-0.2, -0.15) is 5.10 Å². The molecule has 2 aromatic carbocycles. The third kappa shape index (κ3) is 2.99. The van der Waals surface area contributed by atoms with E-state index in [1.54, 1.807) is 18.3 Å². The molecule has 0 aliphatic rings. The number of anilines is 3. The summed E-state index contributed by atoms with van der Waals surface area (Å²) in [6, 6.07) is 13.4. The summed E-state index contributed by atoms with van der Waals surface area (Å²) in [4.78, 5) is 22.2. The number of primary amides is 1. The van der Waals surface area contributed by atoms with Crippen molar-refractivity contribution in [2.24, 2.45) is 5.73 Å². The lowest BCUT2D eigenvalue weighted by Gasteiger charge is -2.26. The summed E-state index contributed by atoms with van der Waals surface area (Å²) in [5, 5.41) is 7.77. The van der Waals surface area contributed by atoms with Crippen LogP contribution >= 0.6 is 0 Å². The molecule has 134 valence electrons. The summed E-state index contributed by atoms with van der Waals surface area (Å²) in [5.74, 6) is 0.242. The molecule has 0 atom stereocenters. The van der Waals surface area contributed by atoms with Crippen LogP contribution in [0.25, 0.3) is 11.0 Å². The zero-order valence-corrected chi connectivity index (χ0v) is 15.0. The highest BCUT2D eigenvalue weighted by atomic mass is 16.1. The average molecular weight is 358 g/mol. The van der Waals surface area contributed by atoms with Gasteiger partial charge < -0.3 is 5.73 Å². The zero-order valence-electron chi connectivity index (χ0n) is 15.0. The molecule has 27 heavy (non-hydrogen) atoms. The summed E-state index contributed by atoms with van der Waals surface area (Å²) in [5.41, 5.74) is 10.6. The number of nitrogens with zero attached hydrogens (tertiary/aromatic N) is 4. The van der Waals surface area contributed by atoms with E-state index in [1.165, 1.54) is 11.9 Å². The first-order valence-electron chi connectivity index (χ1n) is 8.46. The Kier molecular flexibility index (Phi) is 4.04. The number of aromatic nitrogens is 4. The van der Waals surface area contributed by atoms with E-state index < -0.39 is 5.91 Å². The summed E-state index contributed by atoms with van der Waals surface area (Å²) in [6.45, 7) is 4.11. The normalized spacial score (nSPS) is 10.9. The van der Waals surface area contributed by atoms with Gasteiger partial charge in [0.2, 0.25) is 5.91 Å². The lowest BCUT2D eigenvalue weighted by atomic mass is 10.1. The third-order valence-electron chi connectivity index (χ3n) is 4.44. The monoisotopic (exact) mass is 358 g/mol. The average Bonchev–Trinajstić information content (AvgIpc) is 3.13. The van der Waals surface area contributed by atoms with Crippen molar-refractivity contribution in [2.45, 2.75) is 13.8 Å². The lowest BCUT2D eigenvalue weighted by molar-refractivity contribution is 0.100. The minimum absolute atomic E-state index is 0.454. The first kappa shape index (κ1) is 16.7. The van der Waals surface area contributed by atoms with E-state index in [2.05, 4.69) is 52.2 Å². The standard InChI is InChI=1S/C20H18N6O/c1-12-3-8-17(13(2)9-12)26(15-6-4-14(5-7-15)18(21)27)20-16-10-24-25-19(16)22-11-23-20/h3-11H,1-2H3,(H2,21,27)(H,22,23,24,25). The Morgan fingerprint density at radius 3 is 2.56 bits per heavy atom. The van der Waals surface area contributed by atoms with Gasteiger partial charge in [0.1, 0.15) is 6.33 Å². The third-order valence-corrected chi connectivity index (χ3v) is 4.44. The molecular weight excluding hydrogens is 340 g/mol. The van der Waals surface area contributed by atoms with E-state index in [0.717, 1.165) is 22.3 Å². The van der Waals surface area contributed by atoms with Crippen molar-refractivity contribution in [3.05, 3.63) is 71.7 Å². The maximum atomic E-state index is 11.4. The highest BCUT2D eigenvalue weighted by Gasteiger charge is 2.19. The fourth-order valence-corrected chi connectivity index (χ4v) is 3.14. The van der Waals surface area contributed by atoms with Crippen LogP contribution in [0.3, 0.4) is 0 Å². The van der Waals surface area contributed by atoms with E-state index in [9.17, 15) is 4.79 Å². The summed E-state index contributed by atoms with van der Waals surface area (Å²) in [6.07, 6.45) is 3.21. The van der Waals surface area contributed by atoms with Crippen molar-refractivity contribution in [1.29, 1.82) is 0 Å². The molecule has 2 heterocycles. The number of aromatic amines is 1. The lowest BCUT2D eigenvalue weighted by Crippen LogP contribution is -2.15. The van der Waals surface area contributed by atoms with E-state index >= 15 is 0 Å². The van der Waals surface area contributed by atoms with E-state index in [0.29, 0.717) is 17.0 Å². The minimum atomic E-state index is -0.459. The molecule has 0 saturated carbocycles. The van der Waals surface area contributed by atoms with Crippen molar-refractivity contribution in [3.63, 3.8) is 0 Å². The highest BCUT2D eigenvalue weighted by Crippen LogP contribution is 2.38. The Hall–Kier alpha value is -3.74. The molecule has 0 aliphatic heterocycles. The van der Waals surface area contributed by atoms with Crippen LogP contribution in [-0.2, 0) is 0 Å². The molecule has 1 amide bonds. The molecule has 3 N–H and O–H groups in total. The largest absolute Gasteiger partial charge is 0.366 e. The molecule has 0 saturated heterocycles. The maximum Gasteiger partial charge on any atom is 0.248 e. The predicted octanol–water partition coefficient (Wildman–Crippen LogP) is 3.54. The van der Waals surface area contributed by atoms with E-state index in [4.69, 9.17) is 5.73 Å². The summed E-state index contributed by atoms with van der Waals surface area (Å²) in [7, 11) is 0. The SMILES string of the molecule is Cc1ccc(N(c2ccc(C(N)=O)cc2)c2ncnc3[nH]ncc23)c(C)c1. The molecule has 2 aromatic heterocycles. The van der Waals surface area contributed by atoms with Gasteiger partial charge in [0.05, 0.1) is 17.3 Å². The quantitative estimate of drug-likeness (QED) is 0.581. The molecule has 0 fully saturated rings. The van der Waals surface area contributed by atoms with E-state index in [1.807, 2.05) is 17.0 Å². The Balaban J connectivity index is 1.95. The Bertz CT molecular complexity index is 1130. The van der Waals surface area contributed by atoms with E-state index in [-0.39, 0.29) is 0 Å². The van der Waals surface area contributed by atoms with Gasteiger partial charge in [0, 0.05) is 11.3 Å². The number of fused-ring (bicyclic) bond motifs is 1. The fourth-order valence-electron chi connectivity index (χ4n) is 3.14. The molecule has 0 aliphatic carbocycles. The maximum absolute atomic E-state index is 11.4. The van der Waals surface area contributed by atoms with Crippen molar-refractivity contribution in [2.75, 3.05) is 4.90 Å². The van der Waals surface area contributed by atoms with Gasteiger partial charge in [-0.3, -0.25) is 14.8 Å². The Morgan fingerprint density at radius 1 is 1.07 bits per heavy atom. The summed E-state index contributed by atoms with van der Waals surface area (Å²) < 4.78 is 0. The molecule has 0 bridgehead atoms. The van der Waals surface area contributed by atoms with Crippen molar-refractivity contribution >= 4 is 34.1 Å². The number of rotatable bonds is 4. The first-order valence-corrected chi connectivity index (χ1v) is 8.46. The van der Waals surface area contributed by atoms with Gasteiger partial charge in [-0.15, -0.1) is 0 Å². The second-order valence-corrected chi connectivity index (χ2v) is 6.37. The Morgan fingerprint density at radius 2 is 1.85 bits per heavy atom. The number of nitrogens with one attached hydrogen (secondary N) is 1. The van der Waals surface area contributed by atoms with Gasteiger partial charge in [0.15, 0.2) is 11.5 Å². The molecular formula is C20H18N6O. The van der Waals surface area contributed by atoms with Crippen molar-refractivity contribution in [3.8, 4) is 0 Å². The van der Waals surface area contributed by atoms with Crippen LogP contribution in [0.5, 0.6) is 0 Å². The number of amides is 1. The summed E-state index contributed by atoms with van der Waals surface area (Å²) >= 11 is 0. The van der Waals surface area contributed by atoms with Gasteiger partial charge in [0.25, 0.3) is 0 Å². The van der Waals surface area contributed by atoms with Gasteiger partial charge in [-0.1, -0.05) is 17.7 Å². The van der Waals surface area contributed by atoms with Crippen LogP contribution in [-0.4, -0.2) is 26.1 Å². The number of nitrogens with two attached hydrogens (primary N) is 1. The molecule has 0 spiro atoms. The van der Waals surface area contributed by atoms with Crippen LogP contribution < -0.4 is 10.6 Å². The molecule has 4 aromatic rings. The van der Waals surface area contributed by atoms with Crippen LogP contribution in [0, 0.1) is 13.8 Å². The number of benzene rings is 2. The first-order chi connectivity index (χ1) is 13.0. The number of carbonyl (C=O) groups is 1. The number of aryl methyl sites for hydroxylation is 2.